The number of halogens is 1. The Morgan fingerprint density at radius 2 is 1.59 bits per heavy atom. The molecule has 0 saturated heterocycles. The quantitative estimate of drug-likeness (QED) is 0.167. The Morgan fingerprint density at radius 3 is 2.20 bits per heavy atom. The zero-order valence-electron chi connectivity index (χ0n) is 26.2. The molecule has 41 heavy (non-hydrogen) atoms. The molecule has 3 aromatic carbocycles. The summed E-state index contributed by atoms with van der Waals surface area (Å²) < 4.78 is 12.5. The standard InChI is InChI=1S/C20H14ClO.C10H15.2C4H9.Zr/c1-22-19-10-9-16(13-5-3-2-4-6-13)18-12-14-11-15(21)7-8-17(14)20(18)19;1-8-5-6-9(7-8)10(2,3)4;2*1-3-4-2;/h2-8,10-11H,12H2,1H3;6H,5H2,1-4H3;2*1,3-4H2,2H3;. The van der Waals surface area contributed by atoms with Gasteiger partial charge in [-0.2, -0.15) is 0 Å². The van der Waals surface area contributed by atoms with E-state index in [1.165, 1.54) is 67.3 Å². The van der Waals surface area contributed by atoms with Gasteiger partial charge >= 0.3 is 260 Å². The molecule has 0 bridgehead atoms. The number of hydrogen-bond donors (Lipinski definition) is 0. The van der Waals surface area contributed by atoms with Crippen LogP contribution in [0.3, 0.4) is 0 Å². The first-order chi connectivity index (χ1) is 19.7. The summed E-state index contributed by atoms with van der Waals surface area (Å²) in [5, 5.41) is 0.808. The molecule has 0 radical (unpaired) electrons. The van der Waals surface area contributed by atoms with E-state index < -0.39 is 20.3 Å². The van der Waals surface area contributed by atoms with Gasteiger partial charge in [-0.15, -0.1) is 0 Å². The molecule has 0 atom stereocenters. The molecule has 0 unspecified atom stereocenters. The summed E-state index contributed by atoms with van der Waals surface area (Å²) in [6, 6.07) is 20.2. The van der Waals surface area contributed by atoms with Crippen LogP contribution in [0.15, 0.2) is 75.1 Å². The zero-order chi connectivity index (χ0) is 29.4. The number of unbranched alkanes of at least 4 members (excludes halogenated alkanes) is 2. The van der Waals surface area contributed by atoms with Crippen molar-refractivity contribution in [1.29, 1.82) is 0 Å². The predicted molar refractivity (Wildman–Crippen MR) is 176 cm³/mol. The summed E-state index contributed by atoms with van der Waals surface area (Å²) in [7, 11) is 1.87. The van der Waals surface area contributed by atoms with Gasteiger partial charge in [-0.1, -0.05) is 0 Å². The Kier molecular flexibility index (Phi) is 9.23. The molecule has 0 heterocycles. The van der Waals surface area contributed by atoms with Crippen molar-refractivity contribution >= 4 is 14.9 Å². The maximum absolute atomic E-state index is 6.54. The summed E-state index contributed by atoms with van der Waals surface area (Å²) in [5.41, 5.74) is 11.6. The van der Waals surface area contributed by atoms with Crippen LogP contribution in [0.25, 0.3) is 22.3 Å². The summed E-state index contributed by atoms with van der Waals surface area (Å²) in [5.74, 6) is 1.04. The first kappa shape index (κ1) is 30.6. The number of benzene rings is 3. The van der Waals surface area contributed by atoms with Crippen LogP contribution in [0.5, 0.6) is 5.75 Å². The third-order valence-corrected chi connectivity index (χ3v) is 23.1. The van der Waals surface area contributed by atoms with Crippen LogP contribution in [0.1, 0.15) is 84.8 Å². The number of rotatable bonds is 10. The Morgan fingerprint density at radius 1 is 0.902 bits per heavy atom. The molecule has 3 aromatic rings. The predicted octanol–water partition coefficient (Wildman–Crippen LogP) is 11.5. The Balaban J connectivity index is 1.91. The molecular formula is C38H47ClOZr. The normalized spacial score (nSPS) is 14.8. The van der Waals surface area contributed by atoms with Gasteiger partial charge in [-0.25, -0.2) is 0 Å². The Hall–Kier alpha value is -1.89. The maximum atomic E-state index is 6.54. The average Bonchev–Trinajstić information content (AvgIpc) is 3.54. The first-order valence-corrected chi connectivity index (χ1v) is 22.0. The molecule has 2 aliphatic rings. The third kappa shape index (κ3) is 5.61. The SMILES string of the molecule is CCC[CH2][Zr]([CH2]CCC)([C]1=C(C)CC=C1C(C)(C)C)[c]1cc(OC)c2c(c1-c1ccccc1)Cc1cc(Cl)ccc1-2. The molecule has 0 aromatic heterocycles. The minimum absolute atomic E-state index is 0.133. The molecule has 5 rings (SSSR count). The van der Waals surface area contributed by atoms with Gasteiger partial charge in [-0.3, -0.25) is 0 Å². The van der Waals surface area contributed by atoms with E-state index in [1.54, 1.807) is 14.4 Å². The second kappa shape index (κ2) is 12.4. The molecule has 0 N–H and O–H groups in total. The number of allylic oxidation sites excluding steroid dienone is 4. The van der Waals surface area contributed by atoms with Crippen LogP contribution in [0.2, 0.25) is 13.3 Å². The molecule has 0 aliphatic heterocycles. The Bertz CT molecular complexity index is 1480. The van der Waals surface area contributed by atoms with Gasteiger partial charge in [-0.05, 0) is 0 Å². The monoisotopic (exact) mass is 644 g/mol. The summed E-state index contributed by atoms with van der Waals surface area (Å²) >= 11 is 3.20. The number of methoxy groups -OCH3 is 1. The fourth-order valence-electron chi connectivity index (χ4n) is 7.57. The molecular weight excluding hydrogens is 599 g/mol. The van der Waals surface area contributed by atoms with Gasteiger partial charge in [0.15, 0.2) is 0 Å². The van der Waals surface area contributed by atoms with Gasteiger partial charge in [0.1, 0.15) is 0 Å². The van der Waals surface area contributed by atoms with E-state index in [9.17, 15) is 0 Å². The number of fused-ring (bicyclic) bond motifs is 3. The molecule has 0 fully saturated rings. The van der Waals surface area contributed by atoms with E-state index in [2.05, 4.69) is 96.1 Å². The zero-order valence-corrected chi connectivity index (χ0v) is 29.4. The van der Waals surface area contributed by atoms with Gasteiger partial charge in [0.25, 0.3) is 0 Å². The second-order valence-electron chi connectivity index (χ2n) is 13.2. The van der Waals surface area contributed by atoms with Crippen LogP contribution in [0.4, 0.5) is 0 Å². The van der Waals surface area contributed by atoms with Crippen LogP contribution in [0, 0.1) is 5.41 Å². The molecule has 0 saturated carbocycles. The van der Waals surface area contributed by atoms with Crippen molar-refractivity contribution in [2.45, 2.75) is 88.3 Å². The number of hydrogen-bond acceptors (Lipinski definition) is 1. The van der Waals surface area contributed by atoms with Gasteiger partial charge in [0, 0.05) is 0 Å². The summed E-state index contributed by atoms with van der Waals surface area (Å²) in [4.78, 5) is 0. The van der Waals surface area contributed by atoms with Crippen molar-refractivity contribution in [1.82, 2.24) is 0 Å². The second-order valence-corrected chi connectivity index (χ2v) is 24.0. The van der Waals surface area contributed by atoms with E-state index in [4.69, 9.17) is 16.3 Å². The molecule has 0 spiro atoms. The van der Waals surface area contributed by atoms with E-state index >= 15 is 0 Å². The molecule has 2 aliphatic carbocycles. The van der Waals surface area contributed by atoms with Crippen LogP contribution in [-0.4, -0.2) is 7.11 Å². The topological polar surface area (TPSA) is 9.23 Å². The molecule has 3 heteroatoms. The summed E-state index contributed by atoms with van der Waals surface area (Å²) in [6.07, 6.45) is 9.64. The molecule has 1 nitrogen and oxygen atoms in total. The van der Waals surface area contributed by atoms with E-state index in [0.29, 0.717) is 0 Å². The fourth-order valence-corrected chi connectivity index (χ4v) is 23.9. The van der Waals surface area contributed by atoms with E-state index in [0.717, 1.165) is 23.6 Å². The van der Waals surface area contributed by atoms with Crippen molar-refractivity contribution in [3.8, 4) is 28.0 Å². The van der Waals surface area contributed by atoms with Crippen molar-refractivity contribution < 1.29 is 25.0 Å². The first-order valence-electron chi connectivity index (χ1n) is 15.7. The van der Waals surface area contributed by atoms with Gasteiger partial charge in [0.2, 0.25) is 0 Å². The van der Waals surface area contributed by atoms with Crippen molar-refractivity contribution in [2.24, 2.45) is 5.41 Å². The van der Waals surface area contributed by atoms with E-state index in [-0.39, 0.29) is 5.41 Å². The van der Waals surface area contributed by atoms with Crippen molar-refractivity contribution in [3.05, 3.63) is 91.3 Å². The third-order valence-electron chi connectivity index (χ3n) is 9.41. The van der Waals surface area contributed by atoms with Crippen molar-refractivity contribution in [2.75, 3.05) is 7.11 Å². The van der Waals surface area contributed by atoms with Crippen LogP contribution in [-0.2, 0) is 26.7 Å². The van der Waals surface area contributed by atoms with Gasteiger partial charge in [0.05, 0.1) is 0 Å². The van der Waals surface area contributed by atoms with Crippen molar-refractivity contribution in [3.63, 3.8) is 0 Å². The van der Waals surface area contributed by atoms with Crippen LogP contribution >= 0.6 is 11.6 Å². The van der Waals surface area contributed by atoms with Gasteiger partial charge < -0.3 is 0 Å². The number of ether oxygens (including phenoxy) is 1. The van der Waals surface area contributed by atoms with E-state index in [1.807, 2.05) is 16.5 Å². The summed E-state index contributed by atoms with van der Waals surface area (Å²) in [6.45, 7) is 14.5. The Labute approximate surface area is 258 Å². The van der Waals surface area contributed by atoms with Crippen LogP contribution < -0.4 is 8.01 Å². The molecule has 216 valence electrons. The molecule has 0 amide bonds. The average molecular weight is 646 g/mol. The fraction of sp³-hybridized carbons (Fsp3) is 0.421. The minimum atomic E-state index is -3.34.